The van der Waals surface area contributed by atoms with Gasteiger partial charge in [0, 0.05) is 5.41 Å². The van der Waals surface area contributed by atoms with Crippen molar-refractivity contribution in [3.8, 4) is 0 Å². The summed E-state index contributed by atoms with van der Waals surface area (Å²) in [6, 6.07) is 8.91. The van der Waals surface area contributed by atoms with E-state index in [0.717, 1.165) is 5.56 Å². The summed E-state index contributed by atoms with van der Waals surface area (Å²) in [5.74, 6) is -1.89. The number of alkyl halides is 1. The standard InChI is InChI=1S/C14H17FO3/c1-14(2,3)12(16)11(15)13(17)18-9-10-7-5-4-6-8-10/h4-8,11H,9H2,1-3H3. The largest absolute Gasteiger partial charge is 0.458 e. The summed E-state index contributed by atoms with van der Waals surface area (Å²) >= 11 is 0. The highest BCUT2D eigenvalue weighted by Gasteiger charge is 2.35. The molecular formula is C14H17FO3. The fraction of sp³-hybridized carbons (Fsp3) is 0.429. The van der Waals surface area contributed by atoms with Gasteiger partial charge < -0.3 is 4.74 Å². The van der Waals surface area contributed by atoms with Gasteiger partial charge in [-0.3, -0.25) is 4.79 Å². The minimum atomic E-state index is -2.21. The number of rotatable bonds is 4. The molecule has 0 radical (unpaired) electrons. The Morgan fingerprint density at radius 1 is 1.22 bits per heavy atom. The van der Waals surface area contributed by atoms with Crippen LogP contribution in [0.1, 0.15) is 26.3 Å². The number of carbonyl (C=O) groups excluding carboxylic acids is 2. The van der Waals surface area contributed by atoms with Crippen LogP contribution in [0.2, 0.25) is 0 Å². The zero-order valence-corrected chi connectivity index (χ0v) is 10.8. The maximum Gasteiger partial charge on any atom is 0.348 e. The average Bonchev–Trinajstić information content (AvgIpc) is 2.34. The van der Waals surface area contributed by atoms with E-state index in [-0.39, 0.29) is 6.61 Å². The quantitative estimate of drug-likeness (QED) is 0.611. The number of carbonyl (C=O) groups is 2. The molecule has 4 heteroatoms. The van der Waals surface area contributed by atoms with E-state index in [1.807, 2.05) is 6.07 Å². The van der Waals surface area contributed by atoms with Gasteiger partial charge in [-0.05, 0) is 5.56 Å². The van der Waals surface area contributed by atoms with Gasteiger partial charge in [0.1, 0.15) is 6.61 Å². The van der Waals surface area contributed by atoms with Crippen molar-refractivity contribution in [1.29, 1.82) is 0 Å². The molecule has 0 amide bonds. The van der Waals surface area contributed by atoms with Crippen molar-refractivity contribution in [2.45, 2.75) is 33.5 Å². The zero-order valence-electron chi connectivity index (χ0n) is 10.8. The van der Waals surface area contributed by atoms with E-state index in [9.17, 15) is 14.0 Å². The molecule has 0 spiro atoms. The summed E-state index contributed by atoms with van der Waals surface area (Å²) in [4.78, 5) is 22.9. The molecule has 0 N–H and O–H groups in total. The molecule has 18 heavy (non-hydrogen) atoms. The first-order valence-corrected chi connectivity index (χ1v) is 5.71. The van der Waals surface area contributed by atoms with Gasteiger partial charge >= 0.3 is 5.97 Å². The smallest absolute Gasteiger partial charge is 0.348 e. The summed E-state index contributed by atoms with van der Waals surface area (Å²) in [6.45, 7) is 4.66. The Kier molecular flexibility index (Phi) is 4.59. The number of esters is 1. The Bertz CT molecular complexity index is 420. The Balaban J connectivity index is 2.54. The van der Waals surface area contributed by atoms with Crippen LogP contribution in [0.15, 0.2) is 30.3 Å². The van der Waals surface area contributed by atoms with E-state index in [4.69, 9.17) is 4.74 Å². The SMILES string of the molecule is CC(C)(C)C(=O)C(F)C(=O)OCc1ccccc1. The highest BCUT2D eigenvalue weighted by atomic mass is 19.1. The van der Waals surface area contributed by atoms with Crippen LogP contribution in [0, 0.1) is 5.41 Å². The molecule has 0 saturated heterocycles. The van der Waals surface area contributed by atoms with Crippen LogP contribution in [-0.2, 0) is 20.9 Å². The number of hydrogen-bond donors (Lipinski definition) is 0. The van der Waals surface area contributed by atoms with E-state index in [1.54, 1.807) is 45.0 Å². The Morgan fingerprint density at radius 3 is 2.28 bits per heavy atom. The summed E-state index contributed by atoms with van der Waals surface area (Å²) in [5, 5.41) is 0. The highest BCUT2D eigenvalue weighted by Crippen LogP contribution is 2.19. The van der Waals surface area contributed by atoms with Crippen molar-refractivity contribution in [2.75, 3.05) is 0 Å². The molecule has 0 aromatic heterocycles. The lowest BCUT2D eigenvalue weighted by Gasteiger charge is -2.18. The van der Waals surface area contributed by atoms with Crippen LogP contribution in [0.4, 0.5) is 4.39 Å². The van der Waals surface area contributed by atoms with Crippen LogP contribution in [0.3, 0.4) is 0 Å². The minimum Gasteiger partial charge on any atom is -0.458 e. The van der Waals surface area contributed by atoms with Gasteiger partial charge in [0.2, 0.25) is 0 Å². The number of ether oxygens (including phenoxy) is 1. The van der Waals surface area contributed by atoms with E-state index in [2.05, 4.69) is 0 Å². The Morgan fingerprint density at radius 2 is 1.78 bits per heavy atom. The van der Waals surface area contributed by atoms with Gasteiger partial charge in [-0.2, -0.15) is 0 Å². The molecule has 0 aliphatic heterocycles. The van der Waals surface area contributed by atoms with Gasteiger partial charge in [0.25, 0.3) is 6.17 Å². The molecule has 0 bridgehead atoms. The topological polar surface area (TPSA) is 43.4 Å². The molecule has 1 atom stereocenters. The third-order valence-electron chi connectivity index (χ3n) is 2.40. The van der Waals surface area contributed by atoms with Crippen LogP contribution < -0.4 is 0 Å². The van der Waals surface area contributed by atoms with Crippen molar-refractivity contribution >= 4 is 11.8 Å². The molecule has 98 valence electrons. The molecule has 1 unspecified atom stereocenters. The van der Waals surface area contributed by atoms with Gasteiger partial charge in [-0.15, -0.1) is 0 Å². The van der Waals surface area contributed by atoms with Crippen molar-refractivity contribution in [3.05, 3.63) is 35.9 Å². The first kappa shape index (κ1) is 14.4. The second-order valence-corrected chi connectivity index (χ2v) is 5.07. The van der Waals surface area contributed by atoms with Gasteiger partial charge in [0.05, 0.1) is 0 Å². The predicted molar refractivity (Wildman–Crippen MR) is 65.6 cm³/mol. The second-order valence-electron chi connectivity index (χ2n) is 5.07. The number of ketones is 1. The molecule has 1 rings (SSSR count). The van der Waals surface area contributed by atoms with Crippen molar-refractivity contribution in [1.82, 2.24) is 0 Å². The second kappa shape index (κ2) is 5.76. The Labute approximate surface area is 106 Å². The minimum absolute atomic E-state index is 0.0302. The molecule has 0 saturated carbocycles. The van der Waals surface area contributed by atoms with Crippen molar-refractivity contribution in [2.24, 2.45) is 5.41 Å². The van der Waals surface area contributed by atoms with Crippen LogP contribution in [0.25, 0.3) is 0 Å². The third-order valence-corrected chi connectivity index (χ3v) is 2.40. The van der Waals surface area contributed by atoms with E-state index in [0.29, 0.717) is 0 Å². The molecular weight excluding hydrogens is 235 g/mol. The van der Waals surface area contributed by atoms with Crippen molar-refractivity contribution < 1.29 is 18.7 Å². The predicted octanol–water partition coefficient (Wildman–Crippen LogP) is 2.68. The van der Waals surface area contributed by atoms with Crippen LogP contribution in [0.5, 0.6) is 0 Å². The Hall–Kier alpha value is -1.71. The maximum absolute atomic E-state index is 13.6. The fourth-order valence-electron chi connectivity index (χ4n) is 1.29. The number of halogens is 1. The molecule has 0 fully saturated rings. The summed E-state index contributed by atoms with van der Waals surface area (Å²) < 4.78 is 18.3. The van der Waals surface area contributed by atoms with Gasteiger partial charge in [-0.1, -0.05) is 51.1 Å². The lowest BCUT2D eigenvalue weighted by molar-refractivity contribution is -0.156. The molecule has 1 aromatic carbocycles. The fourth-order valence-corrected chi connectivity index (χ4v) is 1.29. The van der Waals surface area contributed by atoms with E-state index in [1.165, 1.54) is 0 Å². The van der Waals surface area contributed by atoms with Crippen LogP contribution >= 0.6 is 0 Å². The monoisotopic (exact) mass is 252 g/mol. The van der Waals surface area contributed by atoms with E-state index >= 15 is 0 Å². The number of Topliss-reactive ketones (excluding diaryl/α,β-unsaturated/α-hetero) is 1. The van der Waals surface area contributed by atoms with Gasteiger partial charge in [0.15, 0.2) is 5.78 Å². The molecule has 3 nitrogen and oxygen atoms in total. The number of benzene rings is 1. The lowest BCUT2D eigenvalue weighted by atomic mass is 9.88. The highest BCUT2D eigenvalue weighted by molar-refractivity contribution is 6.04. The van der Waals surface area contributed by atoms with E-state index < -0.39 is 23.3 Å². The third kappa shape index (κ3) is 3.95. The van der Waals surface area contributed by atoms with Crippen molar-refractivity contribution in [3.63, 3.8) is 0 Å². The first-order chi connectivity index (χ1) is 8.32. The normalized spacial score (nSPS) is 12.9. The van der Waals surface area contributed by atoms with Crippen LogP contribution in [-0.4, -0.2) is 17.9 Å². The molecule has 1 aromatic rings. The first-order valence-electron chi connectivity index (χ1n) is 5.71. The number of hydrogen-bond acceptors (Lipinski definition) is 3. The zero-order chi connectivity index (χ0) is 13.8. The lowest BCUT2D eigenvalue weighted by Crippen LogP contribution is -2.36. The summed E-state index contributed by atoms with van der Waals surface area (Å²) in [5.41, 5.74) is -0.146. The maximum atomic E-state index is 13.6. The molecule has 0 heterocycles. The summed E-state index contributed by atoms with van der Waals surface area (Å²) in [6.07, 6.45) is -2.21. The molecule has 0 aliphatic rings. The summed E-state index contributed by atoms with van der Waals surface area (Å²) in [7, 11) is 0. The average molecular weight is 252 g/mol. The van der Waals surface area contributed by atoms with Gasteiger partial charge in [-0.25, -0.2) is 9.18 Å². The molecule has 0 aliphatic carbocycles.